The highest BCUT2D eigenvalue weighted by Crippen LogP contribution is 2.38. The van der Waals surface area contributed by atoms with E-state index >= 15 is 0 Å². The van der Waals surface area contributed by atoms with Gasteiger partial charge in [-0.25, -0.2) is 0 Å². The highest BCUT2D eigenvalue weighted by Gasteiger charge is 2.23. The highest BCUT2D eigenvalue weighted by molar-refractivity contribution is 5.26. The van der Waals surface area contributed by atoms with Gasteiger partial charge < -0.3 is 0 Å². The predicted octanol–water partition coefficient (Wildman–Crippen LogP) is 8.92. The third-order valence-corrected chi connectivity index (χ3v) is 7.87. The maximum Gasteiger partial charge on any atom is 0.0912 e. The molecular formula is C30H43N. The van der Waals surface area contributed by atoms with Crippen LogP contribution in [0.2, 0.25) is 0 Å². The lowest BCUT2D eigenvalue weighted by Gasteiger charge is -2.29. The van der Waals surface area contributed by atoms with Crippen LogP contribution in [0.25, 0.3) is 0 Å². The van der Waals surface area contributed by atoms with Crippen LogP contribution in [0, 0.1) is 29.1 Å². The van der Waals surface area contributed by atoms with Crippen molar-refractivity contribution in [3.63, 3.8) is 0 Å². The Morgan fingerprint density at radius 2 is 1.45 bits per heavy atom. The first-order valence-corrected chi connectivity index (χ1v) is 13.1. The van der Waals surface area contributed by atoms with Crippen LogP contribution >= 0.6 is 0 Å². The Morgan fingerprint density at radius 3 is 2.03 bits per heavy atom. The molecule has 0 amide bonds. The smallest absolute Gasteiger partial charge is 0.0912 e. The molecule has 2 aliphatic rings. The van der Waals surface area contributed by atoms with Crippen LogP contribution in [0.5, 0.6) is 0 Å². The molecule has 168 valence electrons. The van der Waals surface area contributed by atoms with Gasteiger partial charge in [0.05, 0.1) is 6.07 Å². The molecule has 0 heterocycles. The maximum absolute atomic E-state index is 8.54. The Labute approximate surface area is 191 Å². The predicted molar refractivity (Wildman–Crippen MR) is 133 cm³/mol. The molecule has 1 nitrogen and oxygen atoms in total. The molecule has 0 radical (unpaired) electrons. The molecule has 31 heavy (non-hydrogen) atoms. The van der Waals surface area contributed by atoms with Crippen molar-refractivity contribution in [2.75, 3.05) is 0 Å². The van der Waals surface area contributed by atoms with Gasteiger partial charge in [0, 0.05) is 6.08 Å². The van der Waals surface area contributed by atoms with Gasteiger partial charge in [0.2, 0.25) is 0 Å². The molecule has 0 N–H and O–H groups in total. The number of benzene rings is 1. The zero-order chi connectivity index (χ0) is 21.7. The zero-order valence-electron chi connectivity index (χ0n) is 19.8. The van der Waals surface area contributed by atoms with Crippen LogP contribution < -0.4 is 0 Å². The van der Waals surface area contributed by atoms with Crippen molar-refractivity contribution < 1.29 is 0 Å². The van der Waals surface area contributed by atoms with Crippen molar-refractivity contribution in [3.05, 3.63) is 59.7 Å². The summed E-state index contributed by atoms with van der Waals surface area (Å²) in [5.74, 6) is 3.49. The topological polar surface area (TPSA) is 23.8 Å². The van der Waals surface area contributed by atoms with Gasteiger partial charge in [-0.05, 0) is 92.6 Å². The molecule has 0 unspecified atom stereocenters. The van der Waals surface area contributed by atoms with E-state index in [0.717, 1.165) is 23.7 Å². The Kier molecular flexibility index (Phi) is 10.4. The quantitative estimate of drug-likeness (QED) is 0.212. The number of hydrogen-bond acceptors (Lipinski definition) is 1. The minimum absolute atomic E-state index is 0.734. The lowest BCUT2D eigenvalue weighted by Crippen LogP contribution is -2.14. The van der Waals surface area contributed by atoms with Gasteiger partial charge in [0.15, 0.2) is 0 Å². The maximum atomic E-state index is 8.54. The summed E-state index contributed by atoms with van der Waals surface area (Å²) in [6, 6.07) is 11.6. The molecule has 1 aromatic rings. The van der Waals surface area contributed by atoms with E-state index < -0.39 is 0 Å². The summed E-state index contributed by atoms with van der Waals surface area (Å²) >= 11 is 0. The molecule has 0 bridgehead atoms. The third-order valence-electron chi connectivity index (χ3n) is 7.87. The molecule has 1 heteroatoms. The van der Waals surface area contributed by atoms with E-state index in [1.165, 1.54) is 95.5 Å². The van der Waals surface area contributed by atoms with E-state index in [-0.39, 0.29) is 0 Å². The molecule has 2 aliphatic carbocycles. The molecule has 0 aromatic heterocycles. The highest BCUT2D eigenvalue weighted by atomic mass is 14.3. The minimum Gasteiger partial charge on any atom is -0.193 e. The molecule has 3 rings (SSSR count). The summed E-state index contributed by atoms with van der Waals surface area (Å²) in [7, 11) is 0. The Bertz CT molecular complexity index is 704. The van der Waals surface area contributed by atoms with Crippen molar-refractivity contribution in [3.8, 4) is 6.07 Å². The molecule has 2 fully saturated rings. The normalized spacial score (nSPS) is 27.0. The van der Waals surface area contributed by atoms with Crippen LogP contribution in [-0.4, -0.2) is 0 Å². The largest absolute Gasteiger partial charge is 0.193 e. The van der Waals surface area contributed by atoms with E-state index in [1.54, 1.807) is 11.6 Å². The SMILES string of the molecule is CCCc1ccc(C2CCC(CCCCC3CCC(C=CC=CC#N)CC3)CC2)cc1. The first-order chi connectivity index (χ1) is 15.3. The number of hydrogen-bond donors (Lipinski definition) is 0. The van der Waals surface area contributed by atoms with Crippen molar-refractivity contribution >= 4 is 0 Å². The fourth-order valence-corrected chi connectivity index (χ4v) is 5.88. The van der Waals surface area contributed by atoms with Crippen LogP contribution in [0.15, 0.2) is 48.6 Å². The fourth-order valence-electron chi connectivity index (χ4n) is 5.88. The lowest BCUT2D eigenvalue weighted by atomic mass is 9.76. The Morgan fingerprint density at radius 1 is 0.839 bits per heavy atom. The van der Waals surface area contributed by atoms with Crippen molar-refractivity contribution in [1.82, 2.24) is 0 Å². The second-order valence-corrected chi connectivity index (χ2v) is 10.1. The van der Waals surface area contributed by atoms with E-state index in [4.69, 9.17) is 5.26 Å². The first-order valence-electron chi connectivity index (χ1n) is 13.1. The monoisotopic (exact) mass is 417 g/mol. The van der Waals surface area contributed by atoms with Crippen LogP contribution in [0.3, 0.4) is 0 Å². The molecule has 0 saturated heterocycles. The van der Waals surface area contributed by atoms with Gasteiger partial charge in [-0.15, -0.1) is 0 Å². The fraction of sp³-hybridized carbons (Fsp3) is 0.633. The summed E-state index contributed by atoms with van der Waals surface area (Å²) in [6.45, 7) is 2.26. The zero-order valence-corrected chi connectivity index (χ0v) is 19.8. The number of nitriles is 1. The average Bonchev–Trinajstić information content (AvgIpc) is 2.82. The first kappa shape index (κ1) is 23.8. The average molecular weight is 418 g/mol. The summed E-state index contributed by atoms with van der Waals surface area (Å²) in [5, 5.41) is 8.54. The molecule has 0 spiro atoms. The van der Waals surface area contributed by atoms with Gasteiger partial charge in [-0.3, -0.25) is 0 Å². The number of rotatable bonds is 10. The summed E-state index contributed by atoms with van der Waals surface area (Å²) in [6.07, 6.45) is 27.2. The van der Waals surface area contributed by atoms with Gasteiger partial charge in [0.1, 0.15) is 0 Å². The van der Waals surface area contributed by atoms with E-state index in [2.05, 4.69) is 43.3 Å². The molecule has 1 aromatic carbocycles. The van der Waals surface area contributed by atoms with Crippen molar-refractivity contribution in [2.24, 2.45) is 17.8 Å². The van der Waals surface area contributed by atoms with E-state index in [1.807, 2.05) is 12.1 Å². The van der Waals surface area contributed by atoms with Gasteiger partial charge >= 0.3 is 0 Å². The molecule has 0 aliphatic heterocycles. The van der Waals surface area contributed by atoms with Crippen molar-refractivity contribution in [1.29, 1.82) is 5.26 Å². The Balaban J connectivity index is 1.25. The molecular weight excluding hydrogens is 374 g/mol. The Hall–Kier alpha value is -1.81. The number of aryl methyl sites for hydroxylation is 1. The van der Waals surface area contributed by atoms with Gasteiger partial charge in [0.25, 0.3) is 0 Å². The van der Waals surface area contributed by atoms with Crippen LogP contribution in [-0.2, 0) is 6.42 Å². The number of allylic oxidation sites excluding steroid dienone is 4. The molecule has 2 saturated carbocycles. The second kappa shape index (κ2) is 13.6. The van der Waals surface area contributed by atoms with Gasteiger partial charge in [-0.2, -0.15) is 5.26 Å². The van der Waals surface area contributed by atoms with Crippen molar-refractivity contribution in [2.45, 2.75) is 103 Å². The standard InChI is InChI=1S/C30H43N/c1-2-8-25-16-20-29(21-17-25)30-22-18-28(19-23-30)11-6-5-10-27-14-12-26(13-15-27)9-4-3-7-24-31/h3-4,7,9,16-17,20-21,26-28,30H,2,5-6,8,10-15,18-19,22-23H2,1H3. The van der Waals surface area contributed by atoms with E-state index in [0.29, 0.717) is 0 Å². The number of unbranched alkanes of at least 4 members (excludes halogenated alkanes) is 1. The van der Waals surface area contributed by atoms with Gasteiger partial charge in [-0.1, -0.05) is 81.5 Å². The lowest BCUT2D eigenvalue weighted by molar-refractivity contribution is 0.273. The summed E-state index contributed by atoms with van der Waals surface area (Å²) < 4.78 is 0. The minimum atomic E-state index is 0.734. The second-order valence-electron chi connectivity index (χ2n) is 10.1. The summed E-state index contributed by atoms with van der Waals surface area (Å²) in [4.78, 5) is 0. The summed E-state index contributed by atoms with van der Waals surface area (Å²) in [5.41, 5.74) is 3.09. The van der Waals surface area contributed by atoms with Crippen LogP contribution in [0.4, 0.5) is 0 Å². The van der Waals surface area contributed by atoms with E-state index in [9.17, 15) is 0 Å². The third kappa shape index (κ3) is 8.33. The molecule has 0 atom stereocenters. The number of nitrogens with zero attached hydrogens (tertiary/aromatic N) is 1. The van der Waals surface area contributed by atoms with Crippen LogP contribution in [0.1, 0.15) is 107 Å².